The van der Waals surface area contributed by atoms with E-state index in [1.54, 1.807) is 10.9 Å². The molecular weight excluding hydrogens is 316 g/mol. The fraction of sp³-hybridized carbons (Fsp3) is 0.438. The average Bonchev–Trinajstić information content (AvgIpc) is 3.04. The lowest BCUT2D eigenvalue weighted by Gasteiger charge is -2.21. The molecule has 0 spiro atoms. The fourth-order valence-electron chi connectivity index (χ4n) is 2.53. The first-order valence-electron chi connectivity index (χ1n) is 7.71. The van der Waals surface area contributed by atoms with Gasteiger partial charge in [0.2, 0.25) is 0 Å². The first-order valence-corrected chi connectivity index (χ1v) is 8.09. The topological polar surface area (TPSA) is 69.0 Å². The number of aromatic nitrogens is 3. The van der Waals surface area contributed by atoms with E-state index in [0.29, 0.717) is 29.7 Å². The van der Waals surface area contributed by atoms with Crippen LogP contribution in [0, 0.1) is 5.92 Å². The third-order valence-corrected chi connectivity index (χ3v) is 4.17. The second-order valence-electron chi connectivity index (χ2n) is 5.69. The zero-order chi connectivity index (χ0) is 16.1. The van der Waals surface area contributed by atoms with Crippen molar-refractivity contribution in [3.05, 3.63) is 46.7 Å². The molecule has 7 heteroatoms. The van der Waals surface area contributed by atoms with Crippen molar-refractivity contribution in [2.45, 2.75) is 19.4 Å². The molecule has 1 aromatic heterocycles. The van der Waals surface area contributed by atoms with Gasteiger partial charge in [-0.3, -0.25) is 4.79 Å². The van der Waals surface area contributed by atoms with Crippen LogP contribution in [-0.4, -0.2) is 40.7 Å². The molecule has 23 heavy (non-hydrogen) atoms. The van der Waals surface area contributed by atoms with Crippen molar-refractivity contribution in [2.24, 2.45) is 5.92 Å². The van der Waals surface area contributed by atoms with Crippen molar-refractivity contribution in [1.29, 1.82) is 0 Å². The SMILES string of the molecule is O=C(NCC1CCOCC1)c1cn(Cc2ccc(Cl)cc2)nn1. The number of rotatable bonds is 5. The van der Waals surface area contributed by atoms with Crippen LogP contribution >= 0.6 is 11.6 Å². The van der Waals surface area contributed by atoms with Gasteiger partial charge in [0.15, 0.2) is 5.69 Å². The lowest BCUT2D eigenvalue weighted by atomic mass is 10.0. The molecule has 1 aromatic carbocycles. The number of carbonyl (C=O) groups is 1. The molecule has 3 rings (SSSR count). The molecule has 0 unspecified atom stereocenters. The number of carbonyl (C=O) groups excluding carboxylic acids is 1. The minimum Gasteiger partial charge on any atom is -0.381 e. The molecule has 2 aromatic rings. The van der Waals surface area contributed by atoms with Crippen molar-refractivity contribution < 1.29 is 9.53 Å². The number of hydrogen-bond donors (Lipinski definition) is 1. The summed E-state index contributed by atoms with van der Waals surface area (Å²) in [5.74, 6) is 0.302. The first kappa shape index (κ1) is 16.0. The van der Waals surface area contributed by atoms with Gasteiger partial charge in [0.1, 0.15) is 0 Å². The summed E-state index contributed by atoms with van der Waals surface area (Å²) in [6.07, 6.45) is 3.64. The van der Waals surface area contributed by atoms with Gasteiger partial charge < -0.3 is 10.1 Å². The Morgan fingerprint density at radius 1 is 1.30 bits per heavy atom. The molecule has 0 atom stereocenters. The first-order chi connectivity index (χ1) is 11.2. The Balaban J connectivity index is 1.53. The summed E-state index contributed by atoms with van der Waals surface area (Å²) in [5.41, 5.74) is 1.39. The Morgan fingerprint density at radius 2 is 2.04 bits per heavy atom. The molecule has 0 radical (unpaired) electrons. The quantitative estimate of drug-likeness (QED) is 0.909. The van der Waals surface area contributed by atoms with Gasteiger partial charge in [0.05, 0.1) is 12.7 Å². The van der Waals surface area contributed by atoms with Gasteiger partial charge in [-0.25, -0.2) is 4.68 Å². The Hall–Kier alpha value is -1.92. The van der Waals surface area contributed by atoms with Crippen LogP contribution < -0.4 is 5.32 Å². The molecule has 1 saturated heterocycles. The standard InChI is InChI=1S/C16H19ClN4O2/c17-14-3-1-13(2-4-14)10-21-11-15(19-20-21)16(22)18-9-12-5-7-23-8-6-12/h1-4,11-12H,5-10H2,(H,18,22). The number of benzene rings is 1. The molecule has 1 fully saturated rings. The highest BCUT2D eigenvalue weighted by Crippen LogP contribution is 2.13. The molecular formula is C16H19ClN4O2. The number of halogens is 1. The van der Waals surface area contributed by atoms with E-state index in [9.17, 15) is 4.79 Å². The van der Waals surface area contributed by atoms with Crippen molar-refractivity contribution in [3.63, 3.8) is 0 Å². The van der Waals surface area contributed by atoms with E-state index in [4.69, 9.17) is 16.3 Å². The summed E-state index contributed by atoms with van der Waals surface area (Å²) < 4.78 is 6.96. The van der Waals surface area contributed by atoms with E-state index in [1.807, 2.05) is 24.3 Å². The van der Waals surface area contributed by atoms with Crippen LogP contribution in [0.15, 0.2) is 30.5 Å². The smallest absolute Gasteiger partial charge is 0.273 e. The maximum atomic E-state index is 12.1. The number of hydrogen-bond acceptors (Lipinski definition) is 4. The number of nitrogens with one attached hydrogen (secondary N) is 1. The van der Waals surface area contributed by atoms with Crippen LogP contribution in [0.5, 0.6) is 0 Å². The maximum absolute atomic E-state index is 12.1. The summed E-state index contributed by atoms with van der Waals surface area (Å²) >= 11 is 5.86. The van der Waals surface area contributed by atoms with Crippen LogP contribution in [0.3, 0.4) is 0 Å². The molecule has 1 amide bonds. The number of ether oxygens (including phenoxy) is 1. The second kappa shape index (κ2) is 7.57. The highest BCUT2D eigenvalue weighted by Gasteiger charge is 2.16. The number of nitrogens with zero attached hydrogens (tertiary/aromatic N) is 3. The molecule has 122 valence electrons. The Morgan fingerprint density at radius 3 is 2.78 bits per heavy atom. The molecule has 6 nitrogen and oxygen atoms in total. The molecule has 1 aliphatic rings. The zero-order valence-corrected chi connectivity index (χ0v) is 13.5. The van der Waals surface area contributed by atoms with Gasteiger partial charge in [-0.05, 0) is 36.5 Å². The van der Waals surface area contributed by atoms with E-state index in [1.165, 1.54) is 0 Å². The number of amides is 1. The fourth-order valence-corrected chi connectivity index (χ4v) is 2.66. The minimum absolute atomic E-state index is 0.182. The molecule has 0 bridgehead atoms. The van der Waals surface area contributed by atoms with Crippen LogP contribution in [0.4, 0.5) is 0 Å². The van der Waals surface area contributed by atoms with Gasteiger partial charge in [-0.2, -0.15) is 0 Å². The third kappa shape index (κ3) is 4.53. The lowest BCUT2D eigenvalue weighted by Crippen LogP contribution is -2.32. The van der Waals surface area contributed by atoms with E-state index in [2.05, 4.69) is 15.6 Å². The van der Waals surface area contributed by atoms with Gasteiger partial charge in [-0.1, -0.05) is 28.9 Å². The summed E-state index contributed by atoms with van der Waals surface area (Å²) in [5, 5.41) is 11.6. The van der Waals surface area contributed by atoms with Crippen molar-refractivity contribution in [3.8, 4) is 0 Å². The Bertz CT molecular complexity index is 650. The van der Waals surface area contributed by atoms with Gasteiger partial charge in [0, 0.05) is 24.8 Å². The monoisotopic (exact) mass is 334 g/mol. The Labute approximate surface area is 139 Å². The largest absolute Gasteiger partial charge is 0.381 e. The highest BCUT2D eigenvalue weighted by molar-refractivity contribution is 6.30. The second-order valence-corrected chi connectivity index (χ2v) is 6.13. The van der Waals surface area contributed by atoms with Crippen molar-refractivity contribution in [2.75, 3.05) is 19.8 Å². The van der Waals surface area contributed by atoms with Gasteiger partial charge in [-0.15, -0.1) is 5.10 Å². The van der Waals surface area contributed by atoms with E-state index < -0.39 is 0 Å². The highest BCUT2D eigenvalue weighted by atomic mass is 35.5. The van der Waals surface area contributed by atoms with Crippen LogP contribution in [0.25, 0.3) is 0 Å². The summed E-state index contributed by atoms with van der Waals surface area (Å²) in [6, 6.07) is 7.51. The van der Waals surface area contributed by atoms with E-state index in [0.717, 1.165) is 31.6 Å². The van der Waals surface area contributed by atoms with Crippen LogP contribution in [-0.2, 0) is 11.3 Å². The Kier molecular flexibility index (Phi) is 5.25. The molecule has 1 N–H and O–H groups in total. The van der Waals surface area contributed by atoms with Crippen molar-refractivity contribution >= 4 is 17.5 Å². The van der Waals surface area contributed by atoms with Gasteiger partial charge in [0.25, 0.3) is 5.91 Å². The van der Waals surface area contributed by atoms with Gasteiger partial charge >= 0.3 is 0 Å². The summed E-state index contributed by atoms with van der Waals surface area (Å²) in [4.78, 5) is 12.1. The van der Waals surface area contributed by atoms with E-state index in [-0.39, 0.29) is 5.91 Å². The zero-order valence-electron chi connectivity index (χ0n) is 12.7. The average molecular weight is 335 g/mol. The summed E-state index contributed by atoms with van der Waals surface area (Å²) in [6.45, 7) is 2.76. The normalized spacial score (nSPS) is 15.5. The molecule has 1 aliphatic heterocycles. The summed E-state index contributed by atoms with van der Waals surface area (Å²) in [7, 11) is 0. The predicted molar refractivity (Wildman–Crippen MR) is 86.5 cm³/mol. The molecule has 0 aliphatic carbocycles. The maximum Gasteiger partial charge on any atom is 0.273 e. The van der Waals surface area contributed by atoms with Crippen molar-refractivity contribution in [1.82, 2.24) is 20.3 Å². The predicted octanol–water partition coefficient (Wildman–Crippen LogP) is 2.14. The molecule has 0 saturated carbocycles. The van der Waals surface area contributed by atoms with Crippen LogP contribution in [0.1, 0.15) is 28.9 Å². The van der Waals surface area contributed by atoms with Crippen LogP contribution in [0.2, 0.25) is 5.02 Å². The third-order valence-electron chi connectivity index (χ3n) is 3.92. The molecule has 2 heterocycles. The van der Waals surface area contributed by atoms with E-state index >= 15 is 0 Å². The lowest BCUT2D eigenvalue weighted by molar-refractivity contribution is 0.0642. The minimum atomic E-state index is -0.182.